The first-order valence-corrected chi connectivity index (χ1v) is 11.3. The molecule has 7 nitrogen and oxygen atoms in total. The predicted molar refractivity (Wildman–Crippen MR) is 119 cm³/mol. The highest BCUT2D eigenvalue weighted by Gasteiger charge is 2.49. The molecule has 2 aromatic carbocycles. The van der Waals surface area contributed by atoms with Crippen molar-refractivity contribution in [3.63, 3.8) is 0 Å². The van der Waals surface area contributed by atoms with E-state index < -0.39 is 11.3 Å². The van der Waals surface area contributed by atoms with Crippen LogP contribution >= 0.6 is 27.7 Å². The summed E-state index contributed by atoms with van der Waals surface area (Å²) in [5, 5.41) is 5.43. The highest BCUT2D eigenvalue weighted by molar-refractivity contribution is 9.10. The van der Waals surface area contributed by atoms with Crippen molar-refractivity contribution in [1.82, 2.24) is 15.0 Å². The van der Waals surface area contributed by atoms with Gasteiger partial charge in [0, 0.05) is 10.0 Å². The normalized spacial score (nSPS) is 18.1. The monoisotopic (exact) mass is 495 g/mol. The van der Waals surface area contributed by atoms with Gasteiger partial charge in [0.2, 0.25) is 5.82 Å². The third kappa shape index (κ3) is 3.86. The van der Waals surface area contributed by atoms with E-state index in [0.717, 1.165) is 15.6 Å². The van der Waals surface area contributed by atoms with Crippen LogP contribution in [0.5, 0.6) is 0 Å². The van der Waals surface area contributed by atoms with Gasteiger partial charge in [-0.15, -0.1) is 11.8 Å². The molecule has 31 heavy (non-hydrogen) atoms. The Balaban J connectivity index is 1.44. The van der Waals surface area contributed by atoms with Gasteiger partial charge in [-0.2, -0.15) is 19.3 Å². The molecule has 0 aliphatic carbocycles. The van der Waals surface area contributed by atoms with Crippen LogP contribution in [-0.2, 0) is 17.9 Å². The molecule has 1 aromatic heterocycles. The highest BCUT2D eigenvalue weighted by atomic mass is 79.9. The first kappa shape index (κ1) is 19.9. The van der Waals surface area contributed by atoms with E-state index in [9.17, 15) is 9.59 Å². The average Bonchev–Trinajstić information content (AvgIpc) is 3.45. The zero-order chi connectivity index (χ0) is 21.4. The Kier molecular flexibility index (Phi) is 5.29. The molecule has 2 aliphatic heterocycles. The number of hydrogen-bond acceptors (Lipinski definition) is 6. The largest absolute Gasteiger partial charge is 0.501 e. The number of hydrogen-bond donors (Lipinski definition) is 0. The Labute approximate surface area is 190 Å². The molecule has 9 heteroatoms. The van der Waals surface area contributed by atoms with Crippen LogP contribution in [0.3, 0.4) is 0 Å². The van der Waals surface area contributed by atoms with Crippen LogP contribution in [-0.4, -0.2) is 42.5 Å². The number of halogens is 1. The number of imide groups is 1. The first-order valence-electron chi connectivity index (χ1n) is 9.54. The molecule has 0 N–H and O–H groups in total. The quantitative estimate of drug-likeness (QED) is 0.492. The van der Waals surface area contributed by atoms with E-state index >= 15 is 0 Å². The molecule has 0 radical (unpaired) electrons. The van der Waals surface area contributed by atoms with Gasteiger partial charge in [0.25, 0.3) is 5.89 Å². The van der Waals surface area contributed by atoms with Crippen LogP contribution in [0, 0.1) is 0 Å². The average molecular weight is 496 g/mol. The van der Waals surface area contributed by atoms with Gasteiger partial charge >= 0.3 is 11.9 Å². The van der Waals surface area contributed by atoms with Gasteiger partial charge in [-0.1, -0.05) is 51.4 Å². The third-order valence-electron chi connectivity index (χ3n) is 5.03. The summed E-state index contributed by atoms with van der Waals surface area (Å²) in [7, 11) is 0. The summed E-state index contributed by atoms with van der Waals surface area (Å²) >= 11 is 4.80. The summed E-state index contributed by atoms with van der Waals surface area (Å²) in [6, 6.07) is 16.6. The van der Waals surface area contributed by atoms with E-state index in [0.29, 0.717) is 17.4 Å². The number of amides is 3. The van der Waals surface area contributed by atoms with Crippen molar-refractivity contribution in [2.45, 2.75) is 18.3 Å². The van der Waals surface area contributed by atoms with Crippen molar-refractivity contribution in [2.75, 3.05) is 0 Å². The lowest BCUT2D eigenvalue weighted by Crippen LogP contribution is -2.54. The summed E-state index contributed by atoms with van der Waals surface area (Å²) in [6.07, 6.45) is 1.80. The zero-order valence-corrected chi connectivity index (χ0v) is 18.5. The van der Waals surface area contributed by atoms with Gasteiger partial charge in [-0.05, 0) is 41.3 Å². The van der Waals surface area contributed by atoms with Crippen LogP contribution in [0.1, 0.15) is 11.5 Å². The molecule has 154 valence electrons. The molecular formula is C22H16BrN4O3S+. The minimum Gasteiger partial charge on any atom is -0.335 e. The fourth-order valence-corrected chi connectivity index (χ4v) is 4.72. The van der Waals surface area contributed by atoms with E-state index in [2.05, 4.69) is 26.1 Å². The lowest BCUT2D eigenvalue weighted by molar-refractivity contribution is -0.458. The van der Waals surface area contributed by atoms with E-state index in [1.807, 2.05) is 60.0 Å². The Morgan fingerprint density at radius 1 is 1.10 bits per heavy atom. The van der Waals surface area contributed by atoms with Crippen molar-refractivity contribution < 1.29 is 18.7 Å². The zero-order valence-electron chi connectivity index (χ0n) is 16.1. The second-order valence-electron chi connectivity index (χ2n) is 7.04. The van der Waals surface area contributed by atoms with Crippen LogP contribution in [0.15, 0.2) is 75.1 Å². The smallest absolute Gasteiger partial charge is 0.335 e. The lowest BCUT2D eigenvalue weighted by Gasteiger charge is -2.23. The molecule has 0 bridgehead atoms. The molecular weight excluding hydrogens is 480 g/mol. The molecule has 3 aromatic rings. The number of thioether (sulfide) groups is 1. The maximum atomic E-state index is 13.3. The molecule has 3 amide bonds. The number of carbonyl (C=O) groups excluding carboxylic acids is 2. The first-order chi connectivity index (χ1) is 15.1. The maximum Gasteiger partial charge on any atom is 0.501 e. The Morgan fingerprint density at radius 2 is 1.87 bits per heavy atom. The SMILES string of the molecule is O=C1C2SC=CC2=[N+](Cc2nc(-c3ccc(Br)cc3)no2)C(=O)N1Cc1ccccc1. The Morgan fingerprint density at radius 3 is 2.65 bits per heavy atom. The van der Waals surface area contributed by atoms with Crippen LogP contribution in [0.4, 0.5) is 4.79 Å². The summed E-state index contributed by atoms with van der Waals surface area (Å²) in [4.78, 5) is 32.0. The number of aromatic nitrogens is 2. The molecule has 0 saturated carbocycles. The summed E-state index contributed by atoms with van der Waals surface area (Å²) in [6.45, 7) is 0.311. The van der Waals surface area contributed by atoms with Crippen LogP contribution in [0.2, 0.25) is 0 Å². The standard InChI is InChI=1S/C22H16BrN4O3S/c23-16-8-6-15(7-9-16)20-24-18(30-25-20)13-26-17-10-11-31-19(17)21(28)27(22(26)29)12-14-4-2-1-3-5-14/h1-11,19H,12-13H2/q+1. The number of urea groups is 1. The summed E-state index contributed by atoms with van der Waals surface area (Å²) in [5.74, 6) is 0.537. The second-order valence-corrected chi connectivity index (χ2v) is 8.97. The Bertz CT molecular complexity index is 1220. The summed E-state index contributed by atoms with van der Waals surface area (Å²) < 4.78 is 7.91. The molecule has 0 spiro atoms. The molecule has 3 heterocycles. The Hall–Kier alpha value is -3.04. The maximum absolute atomic E-state index is 13.3. The number of carbonyl (C=O) groups is 2. The molecule has 0 fully saturated rings. The number of allylic oxidation sites excluding steroid dienone is 1. The molecule has 0 saturated heterocycles. The highest BCUT2D eigenvalue weighted by Crippen LogP contribution is 2.29. The molecule has 5 rings (SSSR count). The van der Waals surface area contributed by atoms with Crippen molar-refractivity contribution in [3.8, 4) is 11.4 Å². The fraction of sp³-hybridized carbons (Fsp3) is 0.136. The van der Waals surface area contributed by atoms with Crippen molar-refractivity contribution in [1.29, 1.82) is 0 Å². The van der Waals surface area contributed by atoms with E-state index in [1.165, 1.54) is 16.7 Å². The van der Waals surface area contributed by atoms with Crippen molar-refractivity contribution in [3.05, 3.63) is 82.0 Å². The summed E-state index contributed by atoms with van der Waals surface area (Å²) in [5.41, 5.74) is 2.34. The third-order valence-corrected chi connectivity index (χ3v) is 6.57. The van der Waals surface area contributed by atoms with Crippen LogP contribution in [0.25, 0.3) is 11.4 Å². The second kappa shape index (κ2) is 8.24. The molecule has 2 aliphatic rings. The van der Waals surface area contributed by atoms with Crippen LogP contribution < -0.4 is 0 Å². The minimum atomic E-state index is -0.449. The van der Waals surface area contributed by atoms with Crippen molar-refractivity contribution >= 4 is 45.3 Å². The van der Waals surface area contributed by atoms with Gasteiger partial charge < -0.3 is 4.52 Å². The molecule has 1 atom stereocenters. The van der Waals surface area contributed by atoms with Gasteiger partial charge in [0.15, 0.2) is 11.8 Å². The van der Waals surface area contributed by atoms with E-state index in [1.54, 1.807) is 10.7 Å². The lowest BCUT2D eigenvalue weighted by atomic mass is 10.1. The van der Waals surface area contributed by atoms with Crippen molar-refractivity contribution in [2.24, 2.45) is 0 Å². The van der Waals surface area contributed by atoms with Gasteiger partial charge in [0.1, 0.15) is 12.3 Å². The fourth-order valence-electron chi connectivity index (χ4n) is 3.49. The van der Waals surface area contributed by atoms with E-state index in [-0.39, 0.29) is 19.0 Å². The van der Waals surface area contributed by atoms with Gasteiger partial charge in [0.05, 0.1) is 0 Å². The van der Waals surface area contributed by atoms with E-state index in [4.69, 9.17) is 4.52 Å². The van der Waals surface area contributed by atoms with Gasteiger partial charge in [-0.25, -0.2) is 4.79 Å². The number of benzene rings is 2. The number of rotatable bonds is 5. The minimum absolute atomic E-state index is 0.0949. The van der Waals surface area contributed by atoms with Gasteiger partial charge in [-0.3, -0.25) is 0 Å². The predicted octanol–water partition coefficient (Wildman–Crippen LogP) is 4.24. The topological polar surface area (TPSA) is 79.3 Å². The number of nitrogens with zero attached hydrogens (tertiary/aromatic N) is 4. The number of fused-ring (bicyclic) bond motifs is 1. The molecule has 1 unspecified atom stereocenters.